The molecule has 4 heteroatoms. The lowest BCUT2D eigenvalue weighted by molar-refractivity contribution is 0.356. The fourth-order valence-electron chi connectivity index (χ4n) is 2.70. The minimum absolute atomic E-state index is 0.444. The van der Waals surface area contributed by atoms with Crippen LogP contribution in [0.3, 0.4) is 0 Å². The summed E-state index contributed by atoms with van der Waals surface area (Å²) in [6.07, 6.45) is 9.56. The van der Waals surface area contributed by atoms with Crippen LogP contribution in [-0.4, -0.2) is 19.2 Å². The number of hydrogen-bond acceptors (Lipinski definition) is 4. The van der Waals surface area contributed by atoms with Crippen molar-refractivity contribution in [3.63, 3.8) is 0 Å². The number of rotatable bonds is 7. The summed E-state index contributed by atoms with van der Waals surface area (Å²) in [5.74, 6) is 1.72. The molecule has 0 aliphatic carbocycles. The number of nitrogens with two attached hydrogens (primary N) is 1. The molecule has 0 aliphatic rings. The molecule has 0 saturated heterocycles. The van der Waals surface area contributed by atoms with Gasteiger partial charge < -0.3 is 15.2 Å². The van der Waals surface area contributed by atoms with E-state index in [9.17, 15) is 0 Å². The van der Waals surface area contributed by atoms with Crippen LogP contribution in [-0.2, 0) is 0 Å². The van der Waals surface area contributed by atoms with E-state index in [1.165, 1.54) is 0 Å². The Hall–Kier alpha value is -3.27. The van der Waals surface area contributed by atoms with Crippen molar-refractivity contribution in [1.82, 2.24) is 4.98 Å². The van der Waals surface area contributed by atoms with Gasteiger partial charge >= 0.3 is 0 Å². The number of ether oxygens (including phenoxy) is 2. The maximum atomic E-state index is 6.23. The van der Waals surface area contributed by atoms with E-state index < -0.39 is 0 Å². The van der Waals surface area contributed by atoms with Crippen LogP contribution in [0, 0.1) is 0 Å². The molecule has 2 rings (SSSR count). The van der Waals surface area contributed by atoms with E-state index in [4.69, 9.17) is 15.2 Å². The van der Waals surface area contributed by atoms with E-state index in [0.29, 0.717) is 17.3 Å². The first-order valence-electron chi connectivity index (χ1n) is 8.60. The Bertz CT molecular complexity index is 966. The third kappa shape index (κ3) is 4.47. The van der Waals surface area contributed by atoms with Crippen LogP contribution in [0.15, 0.2) is 72.9 Å². The van der Waals surface area contributed by atoms with Gasteiger partial charge in [0.15, 0.2) is 11.5 Å². The second-order valence-corrected chi connectivity index (χ2v) is 6.01. The summed E-state index contributed by atoms with van der Waals surface area (Å²) in [6, 6.07) is 5.75. The number of benzene rings is 1. The van der Waals surface area contributed by atoms with Gasteiger partial charge in [0.25, 0.3) is 0 Å². The highest BCUT2D eigenvalue weighted by molar-refractivity contribution is 5.96. The molecule has 2 N–H and O–H groups in total. The molecule has 0 atom stereocenters. The van der Waals surface area contributed by atoms with E-state index in [-0.39, 0.29) is 0 Å². The second-order valence-electron chi connectivity index (χ2n) is 6.01. The molecule has 0 bridgehead atoms. The summed E-state index contributed by atoms with van der Waals surface area (Å²) < 4.78 is 10.8. The quantitative estimate of drug-likeness (QED) is 0.662. The largest absolute Gasteiger partial charge is 0.493 e. The van der Waals surface area contributed by atoms with Crippen LogP contribution in [0.5, 0.6) is 11.5 Å². The summed E-state index contributed by atoms with van der Waals surface area (Å²) in [6.45, 7) is 11.7. The monoisotopic (exact) mass is 362 g/mol. The fraction of sp³-hybridized carbons (Fsp3) is 0.174. The molecule has 27 heavy (non-hydrogen) atoms. The summed E-state index contributed by atoms with van der Waals surface area (Å²) in [4.78, 5) is 4.58. The number of hydrogen-bond donors (Lipinski definition) is 1. The lowest BCUT2D eigenvalue weighted by atomic mass is 10.0. The van der Waals surface area contributed by atoms with Gasteiger partial charge in [0, 0.05) is 5.39 Å². The molecule has 1 heterocycles. The second kappa shape index (κ2) is 8.90. The van der Waals surface area contributed by atoms with Gasteiger partial charge in [-0.1, -0.05) is 37.5 Å². The molecular weight excluding hydrogens is 336 g/mol. The van der Waals surface area contributed by atoms with Crippen LogP contribution in [0.4, 0.5) is 5.82 Å². The highest BCUT2D eigenvalue weighted by atomic mass is 16.5. The molecule has 1 aromatic heterocycles. The molecule has 0 spiro atoms. The highest BCUT2D eigenvalue weighted by Gasteiger charge is 2.12. The van der Waals surface area contributed by atoms with Gasteiger partial charge in [-0.3, -0.25) is 0 Å². The lowest BCUT2D eigenvalue weighted by Gasteiger charge is -2.12. The van der Waals surface area contributed by atoms with Gasteiger partial charge in [-0.25, -0.2) is 4.98 Å². The number of aromatic nitrogens is 1. The summed E-state index contributed by atoms with van der Waals surface area (Å²) in [5, 5.41) is 1.76. The fourth-order valence-corrected chi connectivity index (χ4v) is 2.70. The minimum Gasteiger partial charge on any atom is -0.493 e. The third-order valence-electron chi connectivity index (χ3n) is 4.28. The smallest absolute Gasteiger partial charge is 0.161 e. The average Bonchev–Trinajstić information content (AvgIpc) is 2.68. The van der Waals surface area contributed by atoms with Gasteiger partial charge in [-0.2, -0.15) is 0 Å². The van der Waals surface area contributed by atoms with Crippen LogP contribution in [0.1, 0.15) is 19.5 Å². The Labute approximate surface area is 161 Å². The first kappa shape index (κ1) is 20.0. The third-order valence-corrected chi connectivity index (χ3v) is 4.28. The first-order chi connectivity index (χ1) is 12.9. The maximum Gasteiger partial charge on any atom is 0.161 e. The Morgan fingerprint density at radius 1 is 1.15 bits per heavy atom. The molecular formula is C23H26N2O2. The maximum absolute atomic E-state index is 6.23. The van der Waals surface area contributed by atoms with Crippen molar-refractivity contribution in [1.29, 1.82) is 0 Å². The van der Waals surface area contributed by atoms with Crippen molar-refractivity contribution in [2.75, 3.05) is 20.0 Å². The predicted molar refractivity (Wildman–Crippen MR) is 115 cm³/mol. The van der Waals surface area contributed by atoms with Crippen molar-refractivity contribution in [2.24, 2.45) is 0 Å². The zero-order chi connectivity index (χ0) is 20.0. The summed E-state index contributed by atoms with van der Waals surface area (Å²) in [5.41, 5.74) is 9.92. The van der Waals surface area contributed by atoms with Crippen LogP contribution >= 0.6 is 0 Å². The molecule has 0 unspecified atom stereocenters. The van der Waals surface area contributed by atoms with Crippen molar-refractivity contribution < 1.29 is 9.47 Å². The van der Waals surface area contributed by atoms with Crippen molar-refractivity contribution in [2.45, 2.75) is 13.8 Å². The van der Waals surface area contributed by atoms with E-state index in [0.717, 1.165) is 33.2 Å². The predicted octanol–water partition coefficient (Wildman–Crippen LogP) is 5.48. The first-order valence-corrected chi connectivity index (χ1v) is 8.60. The Kier molecular flexibility index (Phi) is 6.61. The number of anilines is 1. The normalized spacial score (nSPS) is 12.4. The number of methoxy groups -OCH3 is 2. The number of nitrogen functional groups attached to an aromatic ring is 1. The Morgan fingerprint density at radius 2 is 1.81 bits per heavy atom. The average molecular weight is 362 g/mol. The summed E-state index contributed by atoms with van der Waals surface area (Å²) >= 11 is 0. The molecule has 2 aromatic rings. The number of pyridine rings is 1. The van der Waals surface area contributed by atoms with Crippen molar-refractivity contribution >= 4 is 22.2 Å². The number of allylic oxidation sites excluding steroid dienone is 8. The number of fused-ring (bicyclic) bond motifs is 1. The van der Waals surface area contributed by atoms with Crippen molar-refractivity contribution in [3.8, 4) is 11.5 Å². The Balaban J connectivity index is 2.55. The Morgan fingerprint density at radius 3 is 2.41 bits per heavy atom. The highest BCUT2D eigenvalue weighted by Crippen LogP contribution is 2.35. The molecule has 0 saturated carbocycles. The van der Waals surface area contributed by atoms with E-state index >= 15 is 0 Å². The zero-order valence-corrected chi connectivity index (χ0v) is 16.4. The van der Waals surface area contributed by atoms with Crippen LogP contribution in [0.2, 0.25) is 0 Å². The van der Waals surface area contributed by atoms with Gasteiger partial charge in [0.05, 0.1) is 19.9 Å². The van der Waals surface area contributed by atoms with E-state index in [1.807, 2.05) is 56.4 Å². The molecule has 0 fully saturated rings. The molecule has 0 radical (unpaired) electrons. The SMILES string of the molecule is C=CC=CC(=C)C(C)=CC(=CC)c1cc2cc(OC)c(OC)cc2c(N)n1. The molecule has 4 nitrogen and oxygen atoms in total. The topological polar surface area (TPSA) is 57.4 Å². The lowest BCUT2D eigenvalue weighted by Crippen LogP contribution is -1.98. The minimum atomic E-state index is 0.444. The van der Waals surface area contributed by atoms with Gasteiger partial charge in [-0.05, 0) is 60.2 Å². The molecule has 0 aliphatic heterocycles. The van der Waals surface area contributed by atoms with Crippen molar-refractivity contribution in [3.05, 3.63) is 78.6 Å². The molecule has 140 valence electrons. The molecule has 0 amide bonds. The van der Waals surface area contributed by atoms with Gasteiger partial charge in [-0.15, -0.1) is 0 Å². The van der Waals surface area contributed by atoms with Crippen LogP contribution < -0.4 is 15.2 Å². The number of nitrogens with zero attached hydrogens (tertiary/aromatic N) is 1. The van der Waals surface area contributed by atoms with Crippen LogP contribution in [0.25, 0.3) is 16.3 Å². The van der Waals surface area contributed by atoms with E-state index in [2.05, 4.69) is 18.1 Å². The summed E-state index contributed by atoms with van der Waals surface area (Å²) in [7, 11) is 3.21. The standard InChI is InChI=1S/C23H26N2O2/c1-7-9-10-15(3)16(4)11-17(8-2)20-12-18-13-21(26-5)22(27-6)14-19(18)23(24)25-20/h7-14H,1,3H2,2,4-6H3,(H2,24,25). The van der Waals surface area contributed by atoms with Gasteiger partial charge in [0.1, 0.15) is 5.82 Å². The van der Waals surface area contributed by atoms with E-state index in [1.54, 1.807) is 20.3 Å². The molecule has 1 aromatic carbocycles. The van der Waals surface area contributed by atoms with Gasteiger partial charge in [0.2, 0.25) is 0 Å². The zero-order valence-electron chi connectivity index (χ0n) is 16.4.